The molecule has 0 fully saturated rings. The van der Waals surface area contributed by atoms with Crippen LogP contribution in [0.15, 0.2) is 146 Å². The fourth-order valence-electron chi connectivity index (χ4n) is 8.04. The monoisotopic (exact) mass is 1050 g/mol. The highest BCUT2D eigenvalue weighted by molar-refractivity contribution is 5.71. The molecule has 0 aliphatic carbocycles. The molecule has 0 spiro atoms. The molecular weight excluding hydrogens is 937 g/mol. The Morgan fingerprint density at radius 2 is 0.513 bits per heavy atom. The molecule has 0 rings (SSSR count). The van der Waals surface area contributed by atoms with Gasteiger partial charge in [0, 0.05) is 19.3 Å². The van der Waals surface area contributed by atoms with Crippen molar-refractivity contribution in [3.63, 3.8) is 0 Å². The molecule has 76 heavy (non-hydrogen) atoms. The smallest absolute Gasteiger partial charge is 0.306 e. The van der Waals surface area contributed by atoms with E-state index in [2.05, 4.69) is 167 Å². The molecule has 0 aliphatic heterocycles. The number of allylic oxidation sites excluding steroid dienone is 24. The van der Waals surface area contributed by atoms with Gasteiger partial charge in [-0.3, -0.25) is 14.4 Å². The summed E-state index contributed by atoms with van der Waals surface area (Å²) in [6.45, 7) is 6.35. The van der Waals surface area contributed by atoms with Crippen molar-refractivity contribution >= 4 is 17.9 Å². The molecule has 0 aromatic rings. The number of hydrogen-bond donors (Lipinski definition) is 0. The third kappa shape index (κ3) is 60.2. The zero-order chi connectivity index (χ0) is 55.0. The number of unbranched alkanes of at least 4 members (excludes halogenated alkanes) is 19. The Labute approximate surface area is 467 Å². The molecule has 6 nitrogen and oxygen atoms in total. The molecule has 0 aromatic carbocycles. The molecule has 1 atom stereocenters. The van der Waals surface area contributed by atoms with Crippen LogP contribution < -0.4 is 0 Å². The summed E-state index contributed by atoms with van der Waals surface area (Å²) in [5, 5.41) is 0. The van der Waals surface area contributed by atoms with E-state index in [1.165, 1.54) is 57.8 Å². The van der Waals surface area contributed by atoms with Gasteiger partial charge in [0.2, 0.25) is 0 Å². The summed E-state index contributed by atoms with van der Waals surface area (Å²) in [6.07, 6.45) is 90.1. The van der Waals surface area contributed by atoms with Crippen LogP contribution in [0.2, 0.25) is 0 Å². The van der Waals surface area contributed by atoms with E-state index < -0.39 is 6.10 Å². The Balaban J connectivity index is 4.19. The first-order valence-corrected chi connectivity index (χ1v) is 30.8. The van der Waals surface area contributed by atoms with Crippen LogP contribution in [0.5, 0.6) is 0 Å². The van der Waals surface area contributed by atoms with Gasteiger partial charge in [-0.15, -0.1) is 0 Å². The summed E-state index contributed by atoms with van der Waals surface area (Å²) in [4.78, 5) is 38.0. The molecule has 0 heterocycles. The summed E-state index contributed by atoms with van der Waals surface area (Å²) < 4.78 is 16.8. The van der Waals surface area contributed by atoms with E-state index in [0.29, 0.717) is 19.3 Å². The molecule has 0 saturated heterocycles. The minimum atomic E-state index is -0.794. The zero-order valence-corrected chi connectivity index (χ0v) is 49.0. The number of carbonyl (C=O) groups is 3. The van der Waals surface area contributed by atoms with Gasteiger partial charge in [0.25, 0.3) is 0 Å². The normalized spacial score (nSPS) is 13.1. The minimum absolute atomic E-state index is 0.0912. The Hall–Kier alpha value is -4.71. The summed E-state index contributed by atoms with van der Waals surface area (Å²) in [7, 11) is 0. The first-order chi connectivity index (χ1) is 37.5. The molecule has 1 unspecified atom stereocenters. The first kappa shape index (κ1) is 71.3. The second kappa shape index (κ2) is 62.8. The number of ether oxygens (including phenoxy) is 3. The van der Waals surface area contributed by atoms with Crippen LogP contribution in [0.25, 0.3) is 0 Å². The van der Waals surface area contributed by atoms with Crippen LogP contribution >= 0.6 is 0 Å². The first-order valence-electron chi connectivity index (χ1n) is 30.8. The van der Waals surface area contributed by atoms with E-state index in [-0.39, 0.29) is 31.1 Å². The summed E-state index contributed by atoms with van der Waals surface area (Å²) >= 11 is 0. The summed E-state index contributed by atoms with van der Waals surface area (Å²) in [5.74, 6) is -0.929. The molecular formula is C70H112O6. The van der Waals surface area contributed by atoms with Gasteiger partial charge in [0.1, 0.15) is 13.2 Å². The van der Waals surface area contributed by atoms with Crippen LogP contribution in [0.1, 0.15) is 258 Å². The quantitative estimate of drug-likeness (QED) is 0.0261. The average molecular weight is 1050 g/mol. The molecule has 0 bridgehead atoms. The van der Waals surface area contributed by atoms with Gasteiger partial charge >= 0.3 is 17.9 Å². The molecule has 6 heteroatoms. The van der Waals surface area contributed by atoms with Gasteiger partial charge in [-0.1, -0.05) is 263 Å². The van der Waals surface area contributed by atoms with Crippen molar-refractivity contribution in [1.29, 1.82) is 0 Å². The van der Waals surface area contributed by atoms with E-state index in [1.807, 2.05) is 0 Å². The minimum Gasteiger partial charge on any atom is -0.462 e. The van der Waals surface area contributed by atoms with Crippen molar-refractivity contribution < 1.29 is 28.6 Å². The average Bonchev–Trinajstić information content (AvgIpc) is 3.42. The van der Waals surface area contributed by atoms with Crippen LogP contribution in [-0.2, 0) is 28.6 Å². The van der Waals surface area contributed by atoms with Gasteiger partial charge in [-0.05, 0) is 122 Å². The SMILES string of the molecule is CC/C=C\C/C=C\C/C=C\C/C=C\C/C=C\C/C=C\C/C=C\C/C=C\C/C=C\CCCCCCCCCC(=O)OCC(COC(=O)CCCCCCCCCC)OC(=O)CCCCCCC/C=C\C/C=C\C/C=C\CC. The maximum atomic E-state index is 12.8. The summed E-state index contributed by atoms with van der Waals surface area (Å²) in [5.41, 5.74) is 0. The van der Waals surface area contributed by atoms with E-state index in [4.69, 9.17) is 14.2 Å². The third-order valence-corrected chi connectivity index (χ3v) is 12.6. The van der Waals surface area contributed by atoms with Gasteiger partial charge in [0.15, 0.2) is 6.10 Å². The van der Waals surface area contributed by atoms with Crippen LogP contribution in [0, 0.1) is 0 Å². The van der Waals surface area contributed by atoms with Gasteiger partial charge < -0.3 is 14.2 Å². The van der Waals surface area contributed by atoms with E-state index in [1.54, 1.807) is 0 Å². The zero-order valence-electron chi connectivity index (χ0n) is 49.0. The standard InChI is InChI=1S/C70H112O6/c1-4-7-10-13-16-19-21-23-25-26-27-28-29-30-31-32-33-34-35-36-37-38-39-40-41-42-43-44-46-47-49-51-54-57-60-63-69(72)75-66-67(65-74-68(71)62-59-56-53-18-15-12-9-6-3)76-70(73)64-61-58-55-52-50-48-45-24-22-20-17-14-11-8-5-2/h7-8,10-11,16-17,19-20,23-25,27-28,30-31,33-34,36-37,39-40,42-43,45,67H,4-6,9,12-15,18,21-22,26,29,32,35,38,41,44,46-66H2,1-3H3/b10-7-,11-8-,19-16-,20-17-,25-23-,28-27-,31-30-,34-33-,37-36-,40-39-,43-42-,45-24-. The lowest BCUT2D eigenvalue weighted by molar-refractivity contribution is -0.167. The lowest BCUT2D eigenvalue weighted by Gasteiger charge is -2.18. The molecule has 0 aromatic heterocycles. The lowest BCUT2D eigenvalue weighted by Crippen LogP contribution is -2.30. The van der Waals surface area contributed by atoms with E-state index in [9.17, 15) is 14.4 Å². The van der Waals surface area contributed by atoms with Crippen molar-refractivity contribution in [2.45, 2.75) is 264 Å². The maximum absolute atomic E-state index is 12.8. The number of hydrogen-bond acceptors (Lipinski definition) is 6. The highest BCUT2D eigenvalue weighted by Crippen LogP contribution is 2.14. The Morgan fingerprint density at radius 3 is 0.803 bits per heavy atom. The van der Waals surface area contributed by atoms with Gasteiger partial charge in [0.05, 0.1) is 0 Å². The molecule has 0 aliphatic rings. The van der Waals surface area contributed by atoms with Gasteiger partial charge in [-0.25, -0.2) is 0 Å². The Kier molecular flexibility index (Phi) is 58.9. The fraction of sp³-hybridized carbons (Fsp3) is 0.614. The molecule has 428 valence electrons. The highest BCUT2D eigenvalue weighted by atomic mass is 16.6. The topological polar surface area (TPSA) is 78.9 Å². The highest BCUT2D eigenvalue weighted by Gasteiger charge is 2.19. The second-order valence-electron chi connectivity index (χ2n) is 19.9. The van der Waals surface area contributed by atoms with Crippen LogP contribution in [-0.4, -0.2) is 37.2 Å². The van der Waals surface area contributed by atoms with E-state index in [0.717, 1.165) is 161 Å². The largest absolute Gasteiger partial charge is 0.462 e. The van der Waals surface area contributed by atoms with Crippen molar-refractivity contribution in [1.82, 2.24) is 0 Å². The third-order valence-electron chi connectivity index (χ3n) is 12.6. The molecule has 0 radical (unpaired) electrons. The van der Waals surface area contributed by atoms with E-state index >= 15 is 0 Å². The van der Waals surface area contributed by atoms with Gasteiger partial charge in [-0.2, -0.15) is 0 Å². The summed E-state index contributed by atoms with van der Waals surface area (Å²) in [6, 6.07) is 0. The fourth-order valence-corrected chi connectivity index (χ4v) is 8.04. The Bertz CT molecular complexity index is 1680. The van der Waals surface area contributed by atoms with Crippen molar-refractivity contribution in [3.8, 4) is 0 Å². The number of carbonyl (C=O) groups excluding carboxylic acids is 3. The van der Waals surface area contributed by atoms with Crippen LogP contribution in [0.4, 0.5) is 0 Å². The lowest BCUT2D eigenvalue weighted by atomic mass is 10.1. The van der Waals surface area contributed by atoms with Crippen molar-refractivity contribution in [2.75, 3.05) is 13.2 Å². The predicted molar refractivity (Wildman–Crippen MR) is 329 cm³/mol. The van der Waals surface area contributed by atoms with Crippen LogP contribution in [0.3, 0.4) is 0 Å². The Morgan fingerprint density at radius 1 is 0.276 bits per heavy atom. The molecule has 0 saturated carbocycles. The predicted octanol–water partition coefficient (Wildman–Crippen LogP) is 21.2. The van der Waals surface area contributed by atoms with Crippen molar-refractivity contribution in [3.05, 3.63) is 146 Å². The number of esters is 3. The molecule has 0 N–H and O–H groups in total. The number of rotatable bonds is 54. The maximum Gasteiger partial charge on any atom is 0.306 e. The molecule has 0 amide bonds. The van der Waals surface area contributed by atoms with Crippen molar-refractivity contribution in [2.24, 2.45) is 0 Å². The second-order valence-corrected chi connectivity index (χ2v) is 19.9.